The van der Waals surface area contributed by atoms with Gasteiger partial charge in [0.25, 0.3) is 0 Å². The molecular weight excluding hydrogens is 228 g/mol. The second-order valence-electron chi connectivity index (χ2n) is 5.88. The first-order valence-electron chi connectivity index (χ1n) is 7.40. The van der Waals surface area contributed by atoms with Crippen LogP contribution in [0.5, 0.6) is 0 Å². The lowest BCUT2D eigenvalue weighted by molar-refractivity contribution is 0.0205. The topological polar surface area (TPSA) is 35.9 Å². The smallest absolute Gasteiger partial charge is 0.0594 e. The average molecular weight is 256 g/mol. The second kappa shape index (κ2) is 6.85. The van der Waals surface area contributed by atoms with Crippen LogP contribution in [0.25, 0.3) is 0 Å². The van der Waals surface area contributed by atoms with Crippen molar-refractivity contribution in [1.82, 2.24) is 9.80 Å². The fraction of sp³-hybridized carbons (Fsp3) is 1.00. The Labute approximate surface area is 111 Å². The molecule has 106 valence electrons. The molecule has 18 heavy (non-hydrogen) atoms. The van der Waals surface area contributed by atoms with Gasteiger partial charge >= 0.3 is 0 Å². The molecule has 2 fully saturated rings. The summed E-state index contributed by atoms with van der Waals surface area (Å²) in [5.41, 5.74) is 0. The van der Waals surface area contributed by atoms with E-state index in [-0.39, 0.29) is 6.10 Å². The number of rotatable bonds is 5. The molecule has 2 saturated heterocycles. The van der Waals surface area contributed by atoms with Crippen LogP contribution < -0.4 is 0 Å². The van der Waals surface area contributed by atoms with Gasteiger partial charge in [0, 0.05) is 31.7 Å². The van der Waals surface area contributed by atoms with Gasteiger partial charge in [-0.1, -0.05) is 0 Å². The van der Waals surface area contributed by atoms with E-state index in [1.54, 1.807) is 0 Å². The van der Waals surface area contributed by atoms with Crippen molar-refractivity contribution in [3.8, 4) is 0 Å². The number of aliphatic hydroxyl groups is 1. The van der Waals surface area contributed by atoms with Crippen molar-refractivity contribution in [1.29, 1.82) is 0 Å². The first-order valence-corrected chi connectivity index (χ1v) is 7.40. The number of nitrogens with zero attached hydrogens (tertiary/aromatic N) is 2. The van der Waals surface area contributed by atoms with E-state index in [4.69, 9.17) is 4.74 Å². The number of morpholine rings is 1. The highest BCUT2D eigenvalue weighted by atomic mass is 16.5. The van der Waals surface area contributed by atoms with Gasteiger partial charge in [0.2, 0.25) is 0 Å². The molecule has 4 nitrogen and oxygen atoms in total. The Hall–Kier alpha value is -0.160. The SMILES string of the molecule is CC(O)CC1CCCN1C(C)CN1CCOCC1. The summed E-state index contributed by atoms with van der Waals surface area (Å²) >= 11 is 0. The van der Waals surface area contributed by atoms with Crippen molar-refractivity contribution in [2.24, 2.45) is 0 Å². The van der Waals surface area contributed by atoms with Crippen LogP contribution in [0.2, 0.25) is 0 Å². The van der Waals surface area contributed by atoms with Crippen LogP contribution >= 0.6 is 0 Å². The molecule has 4 heteroatoms. The molecule has 0 aliphatic carbocycles. The zero-order valence-electron chi connectivity index (χ0n) is 11.8. The van der Waals surface area contributed by atoms with E-state index in [1.807, 2.05) is 6.92 Å². The summed E-state index contributed by atoms with van der Waals surface area (Å²) < 4.78 is 5.39. The first-order chi connectivity index (χ1) is 8.66. The number of hydrogen-bond donors (Lipinski definition) is 1. The fourth-order valence-corrected chi connectivity index (χ4v) is 3.35. The summed E-state index contributed by atoms with van der Waals surface area (Å²) in [6.07, 6.45) is 3.28. The number of likely N-dealkylation sites (tertiary alicyclic amines) is 1. The molecule has 0 amide bonds. The van der Waals surface area contributed by atoms with Gasteiger partial charge in [0.15, 0.2) is 0 Å². The van der Waals surface area contributed by atoms with E-state index in [9.17, 15) is 5.11 Å². The Morgan fingerprint density at radius 1 is 1.22 bits per heavy atom. The monoisotopic (exact) mass is 256 g/mol. The highest BCUT2D eigenvalue weighted by molar-refractivity contribution is 4.85. The van der Waals surface area contributed by atoms with Gasteiger partial charge in [0.05, 0.1) is 19.3 Å². The third kappa shape index (κ3) is 3.92. The summed E-state index contributed by atoms with van der Waals surface area (Å²) in [4.78, 5) is 5.11. The van der Waals surface area contributed by atoms with Crippen LogP contribution in [-0.4, -0.2) is 72.5 Å². The maximum Gasteiger partial charge on any atom is 0.0594 e. The zero-order valence-corrected chi connectivity index (χ0v) is 11.8. The second-order valence-corrected chi connectivity index (χ2v) is 5.88. The molecule has 0 aromatic carbocycles. The molecule has 0 aromatic rings. The van der Waals surface area contributed by atoms with Crippen molar-refractivity contribution in [3.05, 3.63) is 0 Å². The first kappa shape index (κ1) is 14.3. The minimum atomic E-state index is -0.175. The van der Waals surface area contributed by atoms with Gasteiger partial charge in [-0.3, -0.25) is 9.80 Å². The highest BCUT2D eigenvalue weighted by Crippen LogP contribution is 2.24. The van der Waals surface area contributed by atoms with Gasteiger partial charge in [-0.05, 0) is 39.7 Å². The predicted octanol–water partition coefficient (Wildman–Crippen LogP) is 0.942. The minimum Gasteiger partial charge on any atom is -0.393 e. The van der Waals surface area contributed by atoms with Gasteiger partial charge in [-0.15, -0.1) is 0 Å². The van der Waals surface area contributed by atoms with Gasteiger partial charge in [-0.2, -0.15) is 0 Å². The Kier molecular flexibility index (Phi) is 5.42. The number of aliphatic hydroxyl groups excluding tert-OH is 1. The third-order valence-electron chi connectivity index (χ3n) is 4.23. The lowest BCUT2D eigenvalue weighted by Crippen LogP contribution is -2.48. The van der Waals surface area contributed by atoms with Crippen LogP contribution in [0.3, 0.4) is 0 Å². The van der Waals surface area contributed by atoms with E-state index >= 15 is 0 Å². The van der Waals surface area contributed by atoms with Crippen molar-refractivity contribution >= 4 is 0 Å². The molecule has 2 heterocycles. The summed E-state index contributed by atoms with van der Waals surface area (Å²) in [6, 6.07) is 1.18. The standard InChI is InChI=1S/C14H28N2O2/c1-12(11-15-6-8-18-9-7-15)16-5-3-4-14(16)10-13(2)17/h12-14,17H,3-11H2,1-2H3. The summed E-state index contributed by atoms with van der Waals surface area (Å²) in [6.45, 7) is 10.5. The number of hydrogen-bond acceptors (Lipinski definition) is 4. The fourth-order valence-electron chi connectivity index (χ4n) is 3.35. The Bertz CT molecular complexity index is 242. The zero-order chi connectivity index (χ0) is 13.0. The van der Waals surface area contributed by atoms with Crippen LogP contribution in [0.4, 0.5) is 0 Å². The largest absolute Gasteiger partial charge is 0.393 e. The van der Waals surface area contributed by atoms with Crippen LogP contribution in [-0.2, 0) is 4.74 Å². The van der Waals surface area contributed by atoms with Gasteiger partial charge in [-0.25, -0.2) is 0 Å². The Morgan fingerprint density at radius 2 is 1.94 bits per heavy atom. The lowest BCUT2D eigenvalue weighted by atomic mass is 10.1. The quantitative estimate of drug-likeness (QED) is 0.794. The molecule has 2 aliphatic rings. The molecule has 0 saturated carbocycles. The van der Waals surface area contributed by atoms with Gasteiger partial charge < -0.3 is 9.84 Å². The normalized spacial score (nSPS) is 30.5. The van der Waals surface area contributed by atoms with E-state index in [0.29, 0.717) is 12.1 Å². The van der Waals surface area contributed by atoms with Crippen LogP contribution in [0, 0.1) is 0 Å². The lowest BCUT2D eigenvalue weighted by Gasteiger charge is -2.36. The summed E-state index contributed by atoms with van der Waals surface area (Å²) in [5, 5.41) is 9.58. The molecule has 3 unspecified atom stereocenters. The summed E-state index contributed by atoms with van der Waals surface area (Å²) in [5.74, 6) is 0. The molecule has 2 aliphatic heterocycles. The predicted molar refractivity (Wildman–Crippen MR) is 72.7 cm³/mol. The third-order valence-corrected chi connectivity index (χ3v) is 4.23. The van der Waals surface area contributed by atoms with Crippen molar-refractivity contribution in [2.75, 3.05) is 39.4 Å². The molecule has 2 rings (SSSR count). The Balaban J connectivity index is 1.81. The van der Waals surface area contributed by atoms with Crippen molar-refractivity contribution < 1.29 is 9.84 Å². The van der Waals surface area contributed by atoms with E-state index in [1.165, 1.54) is 19.4 Å². The van der Waals surface area contributed by atoms with Crippen LogP contribution in [0.1, 0.15) is 33.1 Å². The molecule has 0 bridgehead atoms. The van der Waals surface area contributed by atoms with Gasteiger partial charge in [0.1, 0.15) is 0 Å². The van der Waals surface area contributed by atoms with E-state index in [2.05, 4.69) is 16.7 Å². The maximum absolute atomic E-state index is 9.58. The molecule has 0 spiro atoms. The highest BCUT2D eigenvalue weighted by Gasteiger charge is 2.30. The molecule has 1 N–H and O–H groups in total. The number of ether oxygens (including phenoxy) is 1. The average Bonchev–Trinajstić information content (AvgIpc) is 2.77. The van der Waals surface area contributed by atoms with Crippen molar-refractivity contribution in [3.63, 3.8) is 0 Å². The van der Waals surface area contributed by atoms with Crippen molar-refractivity contribution in [2.45, 2.75) is 51.3 Å². The minimum absolute atomic E-state index is 0.175. The summed E-state index contributed by atoms with van der Waals surface area (Å²) in [7, 11) is 0. The maximum atomic E-state index is 9.58. The Morgan fingerprint density at radius 3 is 2.61 bits per heavy atom. The van der Waals surface area contributed by atoms with Crippen LogP contribution in [0.15, 0.2) is 0 Å². The van der Waals surface area contributed by atoms with E-state index in [0.717, 1.165) is 39.3 Å². The molecule has 0 radical (unpaired) electrons. The van der Waals surface area contributed by atoms with E-state index < -0.39 is 0 Å². The molecule has 3 atom stereocenters. The molecule has 0 aromatic heterocycles. The molecular formula is C14H28N2O2.